The molecule has 9 heteroatoms. The highest BCUT2D eigenvalue weighted by Gasteiger charge is 2.76. The molecule has 0 aromatic heterocycles. The molecule has 3 heterocycles. The Bertz CT molecular complexity index is 1390. The van der Waals surface area contributed by atoms with Crippen molar-refractivity contribution in [3.63, 3.8) is 0 Å². The van der Waals surface area contributed by atoms with Gasteiger partial charge in [-0.2, -0.15) is 0 Å². The van der Waals surface area contributed by atoms with E-state index < -0.39 is 28.7 Å². The first-order chi connectivity index (χ1) is 21.7. The van der Waals surface area contributed by atoms with E-state index in [1.165, 1.54) is 0 Å². The molecular weight excluding hydrogens is 650 g/mol. The van der Waals surface area contributed by atoms with Crippen LogP contribution in [0.1, 0.15) is 38.7 Å². The summed E-state index contributed by atoms with van der Waals surface area (Å²) in [6.45, 7) is 12.3. The number of hydrogen-bond acceptors (Lipinski definition) is 5. The highest BCUT2D eigenvalue weighted by molar-refractivity contribution is 9.09. The van der Waals surface area contributed by atoms with Crippen LogP contribution in [0.4, 0.5) is 5.69 Å². The summed E-state index contributed by atoms with van der Waals surface area (Å²) in [4.78, 5) is 49.6. The smallest absolute Gasteiger partial charge is 0.247 e. The lowest BCUT2D eigenvalue weighted by Crippen LogP contribution is -2.59. The fourth-order valence-corrected chi connectivity index (χ4v) is 11.3. The van der Waals surface area contributed by atoms with Gasteiger partial charge in [-0.1, -0.05) is 90.0 Å². The summed E-state index contributed by atoms with van der Waals surface area (Å²) in [5, 5.41) is 10.6. The first kappa shape index (κ1) is 33.5. The van der Waals surface area contributed by atoms with Crippen LogP contribution in [-0.2, 0) is 20.8 Å². The van der Waals surface area contributed by atoms with Crippen LogP contribution in [0.25, 0.3) is 0 Å². The van der Waals surface area contributed by atoms with E-state index in [1.54, 1.807) is 33.7 Å². The predicted molar refractivity (Wildman–Crippen MR) is 185 cm³/mol. The zero-order valence-corrected chi connectivity index (χ0v) is 28.5. The third-order valence-corrected chi connectivity index (χ3v) is 12.9. The van der Waals surface area contributed by atoms with Gasteiger partial charge in [0.2, 0.25) is 17.7 Å². The first-order valence-corrected chi connectivity index (χ1v) is 17.7. The number of alkyl halides is 1. The van der Waals surface area contributed by atoms with E-state index in [2.05, 4.69) is 36.0 Å². The number of nitrogens with zero attached hydrogens (tertiary/aromatic N) is 3. The third kappa shape index (κ3) is 6.03. The molecule has 3 fully saturated rings. The number of carbonyl (C=O) groups excluding carboxylic acids is 3. The molecule has 0 saturated carbocycles. The van der Waals surface area contributed by atoms with Crippen LogP contribution in [0.2, 0.25) is 0 Å². The van der Waals surface area contributed by atoms with E-state index in [-0.39, 0.29) is 40.4 Å². The number of fused-ring (bicyclic) bond motifs is 1. The van der Waals surface area contributed by atoms with Crippen molar-refractivity contribution < 1.29 is 19.5 Å². The summed E-state index contributed by atoms with van der Waals surface area (Å²) in [5.41, 5.74) is 1.71. The summed E-state index contributed by atoms with van der Waals surface area (Å²) in [6, 6.07) is 17.7. The van der Waals surface area contributed by atoms with Crippen LogP contribution < -0.4 is 4.90 Å². The van der Waals surface area contributed by atoms with Crippen molar-refractivity contribution in [1.29, 1.82) is 0 Å². The number of hydrogen-bond donors (Lipinski definition) is 1. The van der Waals surface area contributed by atoms with Crippen molar-refractivity contribution in [2.24, 2.45) is 11.8 Å². The monoisotopic (exact) mass is 693 g/mol. The third-order valence-electron chi connectivity index (χ3n) is 9.66. The Balaban J connectivity index is 1.62. The van der Waals surface area contributed by atoms with Gasteiger partial charge in [-0.15, -0.1) is 24.9 Å². The van der Waals surface area contributed by atoms with Crippen LogP contribution >= 0.6 is 27.7 Å². The van der Waals surface area contributed by atoms with Crippen LogP contribution in [0, 0.1) is 11.8 Å². The molecule has 240 valence electrons. The molecular formula is C36H44BrN3O4S. The molecule has 45 heavy (non-hydrogen) atoms. The largest absolute Gasteiger partial charge is 0.394 e. The zero-order valence-electron chi connectivity index (χ0n) is 26.1. The average molecular weight is 695 g/mol. The molecule has 4 unspecified atom stereocenters. The maximum atomic E-state index is 14.9. The van der Waals surface area contributed by atoms with Crippen LogP contribution in [-0.4, -0.2) is 85.3 Å². The van der Waals surface area contributed by atoms with Gasteiger partial charge in [-0.25, -0.2) is 0 Å². The highest BCUT2D eigenvalue weighted by atomic mass is 79.9. The van der Waals surface area contributed by atoms with Crippen molar-refractivity contribution in [3.8, 4) is 0 Å². The minimum absolute atomic E-state index is 0.0558. The molecule has 1 spiro atoms. The van der Waals surface area contributed by atoms with Gasteiger partial charge in [-0.3, -0.25) is 14.4 Å². The summed E-state index contributed by atoms with van der Waals surface area (Å²) < 4.78 is -0.820. The van der Waals surface area contributed by atoms with Crippen molar-refractivity contribution in [2.45, 2.75) is 72.5 Å². The summed E-state index contributed by atoms with van der Waals surface area (Å²) >= 11 is 5.52. The van der Waals surface area contributed by atoms with E-state index in [4.69, 9.17) is 0 Å². The van der Waals surface area contributed by atoms with E-state index in [9.17, 15) is 19.5 Å². The van der Waals surface area contributed by atoms with Gasteiger partial charge in [0.05, 0.1) is 29.2 Å². The van der Waals surface area contributed by atoms with Crippen molar-refractivity contribution >= 4 is 51.1 Å². The maximum Gasteiger partial charge on any atom is 0.247 e. The Labute approximate surface area is 279 Å². The summed E-state index contributed by atoms with van der Waals surface area (Å²) in [7, 11) is 0. The van der Waals surface area contributed by atoms with E-state index >= 15 is 0 Å². The van der Waals surface area contributed by atoms with Crippen LogP contribution in [0.15, 0.2) is 86.0 Å². The average Bonchev–Trinajstić information content (AvgIpc) is 3.65. The molecule has 8 atom stereocenters. The summed E-state index contributed by atoms with van der Waals surface area (Å²) in [6.07, 6.45) is 6.14. The number of carbonyl (C=O) groups is 3. The van der Waals surface area contributed by atoms with E-state index in [0.29, 0.717) is 25.9 Å². The van der Waals surface area contributed by atoms with Gasteiger partial charge in [0.25, 0.3) is 0 Å². The van der Waals surface area contributed by atoms with Gasteiger partial charge in [0.1, 0.15) is 6.04 Å². The Morgan fingerprint density at radius 2 is 1.73 bits per heavy atom. The fourth-order valence-electron chi connectivity index (χ4n) is 7.76. The predicted octanol–water partition coefficient (Wildman–Crippen LogP) is 5.48. The number of para-hydroxylation sites is 1. The summed E-state index contributed by atoms with van der Waals surface area (Å²) in [5.74, 6) is -1.83. The molecule has 0 aliphatic carbocycles. The first-order valence-electron chi connectivity index (χ1n) is 15.9. The lowest BCUT2D eigenvalue weighted by Gasteiger charge is -2.41. The number of anilines is 1. The Kier molecular flexibility index (Phi) is 10.6. The van der Waals surface area contributed by atoms with Crippen molar-refractivity contribution in [1.82, 2.24) is 9.80 Å². The Morgan fingerprint density at radius 3 is 2.33 bits per heavy atom. The van der Waals surface area contributed by atoms with Gasteiger partial charge in [0, 0.05) is 34.9 Å². The second-order valence-corrected chi connectivity index (χ2v) is 15.1. The molecule has 7 nitrogen and oxygen atoms in total. The number of likely N-dealkylation sites (tertiary alicyclic amines) is 1. The van der Waals surface area contributed by atoms with Gasteiger partial charge in [0.15, 0.2) is 0 Å². The zero-order chi connectivity index (χ0) is 32.3. The molecule has 0 radical (unpaired) electrons. The fraction of sp³-hybridized carbons (Fsp3) is 0.472. The number of benzene rings is 2. The lowest BCUT2D eigenvalue weighted by molar-refractivity contribution is -0.146. The molecule has 3 amide bonds. The molecule has 3 aliphatic heterocycles. The second-order valence-electron chi connectivity index (χ2n) is 12.4. The molecule has 1 N–H and O–H groups in total. The van der Waals surface area contributed by atoms with Gasteiger partial charge < -0.3 is 19.8 Å². The molecule has 2 aromatic carbocycles. The normalized spacial score (nSPS) is 28.0. The number of amides is 3. The lowest BCUT2D eigenvalue weighted by atomic mass is 9.70. The number of halogens is 1. The Hall–Kier alpha value is -2.88. The minimum Gasteiger partial charge on any atom is -0.394 e. The highest BCUT2D eigenvalue weighted by Crippen LogP contribution is 2.68. The van der Waals surface area contributed by atoms with E-state index in [0.717, 1.165) is 24.1 Å². The number of aliphatic hydroxyl groups excluding tert-OH is 1. The second kappa shape index (κ2) is 14.3. The molecule has 5 rings (SSSR count). The molecule has 2 aromatic rings. The van der Waals surface area contributed by atoms with Crippen molar-refractivity contribution in [2.75, 3.05) is 24.6 Å². The number of aliphatic hydroxyl groups is 1. The standard InChI is InChI=1S/C36H44BrN3O4S/c1-5-14-24(4)38(19-6-2)35(44)32-36-22-28(37)31(45-36)29(33(42)39(20-7-3)26-17-12-9-13-18-26)30(36)34(43)40(32)27(23-41)21-25-15-10-8-11-16-25/h6-13,15-18,24,27-32,41H,2-3,5,14,19-23H2,1,4H3/t24?,27-,28?,29-,30+,31-,32?,36?/m1/s1. The maximum absolute atomic E-state index is 14.9. The van der Waals surface area contributed by atoms with Gasteiger partial charge in [-0.05, 0) is 43.9 Å². The van der Waals surface area contributed by atoms with Crippen LogP contribution in [0.3, 0.4) is 0 Å². The SMILES string of the molecule is C=CCN(C(=O)[C@H]1[C@@H]2SC3(CC2Br)C(C(=O)N(CC=C)C(C)CCC)N([C@@H](CO)Cc2ccccc2)C(=O)[C@H]13)c1ccccc1. The van der Waals surface area contributed by atoms with Crippen LogP contribution in [0.5, 0.6) is 0 Å². The van der Waals surface area contributed by atoms with Crippen molar-refractivity contribution in [3.05, 3.63) is 91.5 Å². The number of thioether (sulfide) groups is 1. The topological polar surface area (TPSA) is 81.2 Å². The Morgan fingerprint density at radius 1 is 1.09 bits per heavy atom. The number of rotatable bonds is 14. The molecule has 3 saturated heterocycles. The van der Waals surface area contributed by atoms with Gasteiger partial charge >= 0.3 is 0 Å². The molecule has 2 bridgehead atoms. The quantitative estimate of drug-likeness (QED) is 0.210. The molecule has 3 aliphatic rings. The van der Waals surface area contributed by atoms with E-state index in [1.807, 2.05) is 72.5 Å². The minimum atomic E-state index is -0.826.